The van der Waals surface area contributed by atoms with Crippen LogP contribution >= 0.6 is 11.6 Å². The van der Waals surface area contributed by atoms with E-state index >= 15 is 0 Å². The number of esters is 1. The predicted molar refractivity (Wildman–Crippen MR) is 97.2 cm³/mol. The number of hydrogen-bond donors (Lipinski definition) is 1. The summed E-state index contributed by atoms with van der Waals surface area (Å²) in [6.45, 7) is 0.0597. The molecule has 0 atom stereocenters. The minimum Gasteiger partial charge on any atom is -0.466 e. The number of carbonyl (C=O) groups is 1. The topological polar surface area (TPSA) is 64.3 Å². The average molecular weight is 375 g/mol. The summed E-state index contributed by atoms with van der Waals surface area (Å²) in [5.74, 6) is -0.922. The van der Waals surface area contributed by atoms with Crippen molar-refractivity contribution in [2.24, 2.45) is 0 Å². The number of ether oxygens (including phenoxy) is 1. The Morgan fingerprint density at radius 1 is 1.35 bits per heavy atom. The van der Waals surface area contributed by atoms with E-state index in [1.165, 1.54) is 19.3 Å². The zero-order chi connectivity index (χ0) is 18.7. The van der Waals surface area contributed by atoms with Crippen molar-refractivity contribution in [3.05, 3.63) is 70.1 Å². The van der Waals surface area contributed by atoms with E-state index in [4.69, 9.17) is 11.6 Å². The molecule has 0 fully saturated rings. The van der Waals surface area contributed by atoms with Gasteiger partial charge < -0.3 is 9.84 Å². The smallest absolute Gasteiger partial charge is 0.330 e. The lowest BCUT2D eigenvalue weighted by molar-refractivity contribution is -0.134. The molecule has 1 heterocycles. The third-order valence-electron chi connectivity index (χ3n) is 3.94. The zero-order valence-corrected chi connectivity index (χ0v) is 14.7. The summed E-state index contributed by atoms with van der Waals surface area (Å²) in [6.07, 6.45) is 2.82. The molecule has 5 nitrogen and oxygen atoms in total. The first kappa shape index (κ1) is 18.1. The highest BCUT2D eigenvalue weighted by atomic mass is 35.5. The van der Waals surface area contributed by atoms with E-state index in [1.54, 1.807) is 41.1 Å². The maximum absolute atomic E-state index is 14.1. The van der Waals surface area contributed by atoms with Crippen LogP contribution in [0.3, 0.4) is 0 Å². The van der Waals surface area contributed by atoms with E-state index in [0.29, 0.717) is 21.8 Å². The van der Waals surface area contributed by atoms with Crippen LogP contribution in [0.1, 0.15) is 16.8 Å². The van der Waals surface area contributed by atoms with Crippen molar-refractivity contribution in [2.75, 3.05) is 7.11 Å². The highest BCUT2D eigenvalue weighted by Gasteiger charge is 2.12. The molecule has 7 heteroatoms. The summed E-state index contributed by atoms with van der Waals surface area (Å²) in [5, 5.41) is 15.0. The van der Waals surface area contributed by atoms with Gasteiger partial charge in [0.2, 0.25) is 0 Å². The summed E-state index contributed by atoms with van der Waals surface area (Å²) >= 11 is 5.80. The number of aromatic nitrogens is 2. The molecule has 2 aromatic carbocycles. The van der Waals surface area contributed by atoms with Gasteiger partial charge in [-0.05, 0) is 29.8 Å². The number of fused-ring (bicyclic) bond motifs is 1. The van der Waals surface area contributed by atoms with Crippen LogP contribution in [-0.4, -0.2) is 28.0 Å². The fourth-order valence-electron chi connectivity index (χ4n) is 2.61. The number of rotatable bonds is 5. The van der Waals surface area contributed by atoms with E-state index in [-0.39, 0.29) is 13.2 Å². The van der Waals surface area contributed by atoms with Crippen molar-refractivity contribution >= 4 is 34.5 Å². The number of carbonyl (C=O) groups excluding carboxylic acids is 1. The number of hydrogen-bond acceptors (Lipinski definition) is 4. The molecule has 26 heavy (non-hydrogen) atoms. The molecule has 3 rings (SSSR count). The molecule has 0 bridgehead atoms. The van der Waals surface area contributed by atoms with Crippen molar-refractivity contribution < 1.29 is 19.0 Å². The normalized spacial score (nSPS) is 11.4. The van der Waals surface area contributed by atoms with Crippen molar-refractivity contribution in [1.29, 1.82) is 0 Å². The molecular formula is C19H16ClFN2O3. The molecule has 0 amide bonds. The van der Waals surface area contributed by atoms with Crippen LogP contribution in [0, 0.1) is 5.82 Å². The van der Waals surface area contributed by atoms with Gasteiger partial charge in [0.1, 0.15) is 5.82 Å². The standard InChI is InChI=1S/C19H16ClFN2O3/c1-26-19(25)7-6-17-15-5-2-12(11-24)8-18(15)23(22-17)10-13-3-4-14(20)9-16(13)21/h2-9,24H,10-11H2,1H3/b7-6+. The fourth-order valence-corrected chi connectivity index (χ4v) is 2.77. The van der Waals surface area contributed by atoms with Crippen LogP contribution in [0.4, 0.5) is 4.39 Å². The monoisotopic (exact) mass is 374 g/mol. The van der Waals surface area contributed by atoms with Crippen LogP contribution in [0.5, 0.6) is 0 Å². The van der Waals surface area contributed by atoms with Crippen LogP contribution in [0.15, 0.2) is 42.5 Å². The average Bonchev–Trinajstić information content (AvgIpc) is 2.98. The molecule has 0 aliphatic rings. The zero-order valence-electron chi connectivity index (χ0n) is 13.9. The lowest BCUT2D eigenvalue weighted by atomic mass is 10.1. The number of halogens is 2. The molecule has 0 aliphatic carbocycles. The molecular weight excluding hydrogens is 359 g/mol. The van der Waals surface area contributed by atoms with E-state index < -0.39 is 11.8 Å². The lowest BCUT2D eigenvalue weighted by Gasteiger charge is -2.06. The third kappa shape index (κ3) is 3.76. The number of aliphatic hydroxyl groups excluding tert-OH is 1. The van der Waals surface area contributed by atoms with Gasteiger partial charge in [0.15, 0.2) is 0 Å². The maximum Gasteiger partial charge on any atom is 0.330 e. The Balaban J connectivity index is 2.08. The Hall–Kier alpha value is -2.70. The first-order chi connectivity index (χ1) is 12.5. The molecule has 0 saturated heterocycles. The van der Waals surface area contributed by atoms with E-state index in [0.717, 1.165) is 10.9 Å². The molecule has 0 aliphatic heterocycles. The molecule has 134 valence electrons. The van der Waals surface area contributed by atoms with Crippen LogP contribution in [0.2, 0.25) is 5.02 Å². The van der Waals surface area contributed by atoms with Crippen molar-refractivity contribution in [2.45, 2.75) is 13.2 Å². The van der Waals surface area contributed by atoms with Gasteiger partial charge in [0.05, 0.1) is 31.5 Å². The van der Waals surface area contributed by atoms with Gasteiger partial charge in [-0.25, -0.2) is 9.18 Å². The molecule has 0 spiro atoms. The van der Waals surface area contributed by atoms with Crippen LogP contribution < -0.4 is 0 Å². The molecule has 0 saturated carbocycles. The largest absolute Gasteiger partial charge is 0.466 e. The van der Waals surface area contributed by atoms with Gasteiger partial charge in [-0.3, -0.25) is 4.68 Å². The summed E-state index contributed by atoms with van der Waals surface area (Å²) in [6, 6.07) is 9.83. The first-order valence-corrected chi connectivity index (χ1v) is 8.20. The van der Waals surface area contributed by atoms with Crippen LogP contribution in [0.25, 0.3) is 17.0 Å². The minimum atomic E-state index is -0.497. The van der Waals surface area contributed by atoms with Gasteiger partial charge in [0, 0.05) is 22.0 Å². The number of aliphatic hydroxyl groups is 1. The Bertz CT molecular complexity index is 998. The molecule has 0 unspecified atom stereocenters. The second-order valence-electron chi connectivity index (χ2n) is 5.64. The summed E-state index contributed by atoms with van der Waals surface area (Å²) in [4.78, 5) is 11.4. The number of methoxy groups -OCH3 is 1. The fraction of sp³-hybridized carbons (Fsp3) is 0.158. The minimum absolute atomic E-state index is 0.121. The Kier molecular flexibility index (Phi) is 5.35. The second-order valence-corrected chi connectivity index (χ2v) is 6.08. The van der Waals surface area contributed by atoms with E-state index in [1.807, 2.05) is 0 Å². The summed E-state index contributed by atoms with van der Waals surface area (Å²) in [7, 11) is 1.29. The van der Waals surface area contributed by atoms with Crippen molar-refractivity contribution in [1.82, 2.24) is 9.78 Å². The highest BCUT2D eigenvalue weighted by molar-refractivity contribution is 6.30. The Labute approximate surface area is 154 Å². The Morgan fingerprint density at radius 3 is 2.85 bits per heavy atom. The highest BCUT2D eigenvalue weighted by Crippen LogP contribution is 2.24. The van der Waals surface area contributed by atoms with Gasteiger partial charge in [0.25, 0.3) is 0 Å². The second kappa shape index (κ2) is 7.68. The third-order valence-corrected chi connectivity index (χ3v) is 4.18. The predicted octanol–water partition coefficient (Wildman–Crippen LogP) is 3.56. The van der Waals surface area contributed by atoms with Gasteiger partial charge in [-0.15, -0.1) is 0 Å². The lowest BCUT2D eigenvalue weighted by Crippen LogP contribution is -2.04. The van der Waals surface area contributed by atoms with Gasteiger partial charge in [-0.2, -0.15) is 5.10 Å². The quantitative estimate of drug-likeness (QED) is 0.548. The Morgan fingerprint density at radius 2 is 2.15 bits per heavy atom. The SMILES string of the molecule is COC(=O)/C=C/c1nn(Cc2ccc(Cl)cc2F)c2cc(CO)ccc12. The number of benzene rings is 2. The summed E-state index contributed by atoms with van der Waals surface area (Å²) in [5.41, 5.74) is 2.40. The first-order valence-electron chi connectivity index (χ1n) is 7.82. The van der Waals surface area contributed by atoms with Crippen molar-refractivity contribution in [3.63, 3.8) is 0 Å². The van der Waals surface area contributed by atoms with E-state index in [9.17, 15) is 14.3 Å². The van der Waals surface area contributed by atoms with Crippen molar-refractivity contribution in [3.8, 4) is 0 Å². The van der Waals surface area contributed by atoms with E-state index in [2.05, 4.69) is 9.84 Å². The van der Waals surface area contributed by atoms with Gasteiger partial charge in [-0.1, -0.05) is 29.8 Å². The molecule has 3 aromatic rings. The molecule has 1 aromatic heterocycles. The number of nitrogens with zero attached hydrogens (tertiary/aromatic N) is 2. The molecule has 1 N–H and O–H groups in total. The van der Waals surface area contributed by atoms with Crippen LogP contribution in [-0.2, 0) is 22.7 Å². The maximum atomic E-state index is 14.1. The van der Waals surface area contributed by atoms with Gasteiger partial charge >= 0.3 is 5.97 Å². The molecule has 0 radical (unpaired) electrons. The summed E-state index contributed by atoms with van der Waals surface area (Å²) < 4.78 is 20.4.